The van der Waals surface area contributed by atoms with E-state index >= 15 is 0 Å². The predicted molar refractivity (Wildman–Crippen MR) is 77.1 cm³/mol. The van der Waals surface area contributed by atoms with Gasteiger partial charge in [0.05, 0.1) is 4.90 Å². The molecule has 1 rings (SSSR count). The molecule has 0 bridgehead atoms. The van der Waals surface area contributed by atoms with Gasteiger partial charge >= 0.3 is 6.36 Å². The molecule has 0 spiro atoms. The van der Waals surface area contributed by atoms with Crippen molar-refractivity contribution >= 4 is 10.0 Å². The molecule has 8 heteroatoms. The normalized spacial score (nSPS) is 12.4. The molecule has 22 heavy (non-hydrogen) atoms. The Morgan fingerprint density at radius 3 is 2.18 bits per heavy atom. The molecular formula is C14H20F3NO3S. The van der Waals surface area contributed by atoms with E-state index in [9.17, 15) is 21.6 Å². The fourth-order valence-corrected chi connectivity index (χ4v) is 2.91. The van der Waals surface area contributed by atoms with E-state index in [1.807, 2.05) is 0 Å². The highest BCUT2D eigenvalue weighted by Crippen LogP contribution is 2.23. The van der Waals surface area contributed by atoms with Crippen LogP contribution in [0.15, 0.2) is 29.2 Å². The molecule has 1 N–H and O–H groups in total. The van der Waals surface area contributed by atoms with E-state index in [4.69, 9.17) is 0 Å². The molecule has 0 heterocycles. The van der Waals surface area contributed by atoms with Gasteiger partial charge in [0.15, 0.2) is 0 Å². The summed E-state index contributed by atoms with van der Waals surface area (Å²) in [7, 11) is -3.70. The quantitative estimate of drug-likeness (QED) is 0.696. The maximum atomic E-state index is 12.0. The summed E-state index contributed by atoms with van der Waals surface area (Å²) in [4.78, 5) is -0.0874. The molecule has 0 saturated heterocycles. The van der Waals surface area contributed by atoms with E-state index in [-0.39, 0.29) is 4.90 Å². The number of rotatable bonds is 9. The number of halogens is 3. The first-order valence-corrected chi connectivity index (χ1v) is 8.58. The number of ether oxygens (including phenoxy) is 1. The molecule has 0 saturated carbocycles. The highest BCUT2D eigenvalue weighted by atomic mass is 32.2. The first-order valence-electron chi connectivity index (χ1n) is 7.10. The van der Waals surface area contributed by atoms with Gasteiger partial charge in [-0.25, -0.2) is 13.1 Å². The smallest absolute Gasteiger partial charge is 0.406 e. The number of benzene rings is 1. The molecule has 4 nitrogen and oxygen atoms in total. The Bertz CT molecular complexity index is 541. The van der Waals surface area contributed by atoms with Gasteiger partial charge in [0.25, 0.3) is 0 Å². The van der Waals surface area contributed by atoms with Crippen LogP contribution in [0.4, 0.5) is 13.2 Å². The van der Waals surface area contributed by atoms with Gasteiger partial charge < -0.3 is 4.74 Å². The second-order valence-corrected chi connectivity index (χ2v) is 6.60. The van der Waals surface area contributed by atoms with Crippen LogP contribution < -0.4 is 9.46 Å². The van der Waals surface area contributed by atoms with Gasteiger partial charge in [-0.2, -0.15) is 0 Å². The third-order valence-electron chi connectivity index (χ3n) is 2.94. The number of nitrogens with one attached hydrogen (secondary N) is 1. The summed E-state index contributed by atoms with van der Waals surface area (Å²) < 4.78 is 66.1. The lowest BCUT2D eigenvalue weighted by atomic mass is 10.2. The third-order valence-corrected chi connectivity index (χ3v) is 4.42. The van der Waals surface area contributed by atoms with Crippen molar-refractivity contribution in [3.63, 3.8) is 0 Å². The van der Waals surface area contributed by atoms with Gasteiger partial charge in [-0.05, 0) is 30.7 Å². The standard InChI is InChI=1S/C14H20F3NO3S/c1-2-3-4-5-6-11-18-22(19,20)13-9-7-12(8-10-13)21-14(15,16)17/h7-10,18H,2-6,11H2,1H3. The number of alkyl halides is 3. The summed E-state index contributed by atoms with van der Waals surface area (Å²) in [6, 6.07) is 4.12. The molecular weight excluding hydrogens is 319 g/mol. The molecule has 0 fully saturated rings. The molecule has 1 aromatic rings. The SMILES string of the molecule is CCCCCCCNS(=O)(=O)c1ccc(OC(F)(F)F)cc1. The van der Waals surface area contributed by atoms with Crippen molar-refractivity contribution in [2.24, 2.45) is 0 Å². The van der Waals surface area contributed by atoms with Gasteiger partial charge in [0.2, 0.25) is 10.0 Å². The maximum Gasteiger partial charge on any atom is 0.573 e. The summed E-state index contributed by atoms with van der Waals surface area (Å²) in [5, 5.41) is 0. The Morgan fingerprint density at radius 1 is 1.05 bits per heavy atom. The molecule has 0 aliphatic heterocycles. The van der Waals surface area contributed by atoms with Crippen molar-refractivity contribution in [1.29, 1.82) is 0 Å². The Balaban J connectivity index is 2.51. The van der Waals surface area contributed by atoms with E-state index in [0.29, 0.717) is 6.54 Å². The van der Waals surface area contributed by atoms with Crippen LogP contribution >= 0.6 is 0 Å². The van der Waals surface area contributed by atoms with Crippen molar-refractivity contribution in [3.8, 4) is 5.75 Å². The summed E-state index contributed by atoms with van der Waals surface area (Å²) >= 11 is 0. The monoisotopic (exact) mass is 339 g/mol. The average molecular weight is 339 g/mol. The van der Waals surface area contributed by atoms with Crippen LogP contribution in [0, 0.1) is 0 Å². The fourth-order valence-electron chi connectivity index (χ4n) is 1.84. The zero-order chi connectivity index (χ0) is 16.6. The first-order chi connectivity index (χ1) is 10.2. The number of hydrogen-bond acceptors (Lipinski definition) is 3. The van der Waals surface area contributed by atoms with Gasteiger partial charge in [0, 0.05) is 6.54 Å². The zero-order valence-electron chi connectivity index (χ0n) is 12.3. The molecule has 0 radical (unpaired) electrons. The van der Waals surface area contributed by atoms with Crippen LogP contribution in [0.1, 0.15) is 39.0 Å². The molecule has 0 aliphatic rings. The zero-order valence-corrected chi connectivity index (χ0v) is 13.1. The molecule has 0 amide bonds. The molecule has 0 unspecified atom stereocenters. The van der Waals surface area contributed by atoms with Crippen LogP contribution in [0.2, 0.25) is 0 Å². The largest absolute Gasteiger partial charge is 0.573 e. The molecule has 0 aliphatic carbocycles. The van der Waals surface area contributed by atoms with Crippen LogP contribution in [-0.2, 0) is 10.0 Å². The fraction of sp³-hybridized carbons (Fsp3) is 0.571. The minimum Gasteiger partial charge on any atom is -0.406 e. The summed E-state index contributed by atoms with van der Waals surface area (Å²) in [5.41, 5.74) is 0. The van der Waals surface area contributed by atoms with Crippen LogP contribution in [0.3, 0.4) is 0 Å². The summed E-state index contributed by atoms with van der Waals surface area (Å²) in [6.07, 6.45) is 0.160. The molecule has 0 atom stereocenters. The number of sulfonamides is 1. The Morgan fingerprint density at radius 2 is 1.64 bits per heavy atom. The Labute approximate surface area is 128 Å². The van der Waals surface area contributed by atoms with Crippen molar-refractivity contribution in [2.45, 2.75) is 50.3 Å². The summed E-state index contributed by atoms with van der Waals surface area (Å²) in [6.45, 7) is 2.40. The number of hydrogen-bond donors (Lipinski definition) is 1. The van der Waals surface area contributed by atoms with Gasteiger partial charge in [-0.3, -0.25) is 0 Å². The van der Waals surface area contributed by atoms with Crippen LogP contribution in [0.25, 0.3) is 0 Å². The third kappa shape index (κ3) is 7.13. The predicted octanol–water partition coefficient (Wildman–Crippen LogP) is 3.83. The van der Waals surface area contributed by atoms with E-state index in [1.54, 1.807) is 0 Å². The highest BCUT2D eigenvalue weighted by Gasteiger charge is 2.31. The van der Waals surface area contributed by atoms with E-state index in [2.05, 4.69) is 16.4 Å². The maximum absolute atomic E-state index is 12.0. The van der Waals surface area contributed by atoms with Crippen molar-refractivity contribution in [1.82, 2.24) is 4.72 Å². The Kier molecular flexibility index (Phi) is 7.15. The topological polar surface area (TPSA) is 55.4 Å². The Hall–Kier alpha value is -1.28. The van der Waals surface area contributed by atoms with E-state index in [0.717, 1.165) is 56.4 Å². The second-order valence-electron chi connectivity index (χ2n) is 4.83. The minimum absolute atomic E-state index is 0.0874. The average Bonchev–Trinajstić information content (AvgIpc) is 2.41. The van der Waals surface area contributed by atoms with Gasteiger partial charge in [0.1, 0.15) is 5.75 Å². The van der Waals surface area contributed by atoms with Crippen molar-refractivity contribution in [2.75, 3.05) is 6.54 Å². The van der Waals surface area contributed by atoms with Gasteiger partial charge in [-0.15, -0.1) is 13.2 Å². The lowest BCUT2D eigenvalue weighted by Gasteiger charge is -2.10. The van der Waals surface area contributed by atoms with Crippen molar-refractivity contribution < 1.29 is 26.3 Å². The second kappa shape index (κ2) is 8.38. The van der Waals surface area contributed by atoms with Crippen molar-refractivity contribution in [3.05, 3.63) is 24.3 Å². The van der Waals surface area contributed by atoms with Crippen LogP contribution in [0.5, 0.6) is 5.75 Å². The van der Waals surface area contributed by atoms with E-state index < -0.39 is 22.1 Å². The number of unbranched alkanes of at least 4 members (excludes halogenated alkanes) is 4. The van der Waals surface area contributed by atoms with Gasteiger partial charge in [-0.1, -0.05) is 32.6 Å². The first kappa shape index (κ1) is 18.8. The molecule has 0 aromatic heterocycles. The lowest BCUT2D eigenvalue weighted by Crippen LogP contribution is -2.24. The van der Waals surface area contributed by atoms with Crippen LogP contribution in [-0.4, -0.2) is 21.3 Å². The molecule has 1 aromatic carbocycles. The van der Waals surface area contributed by atoms with E-state index in [1.165, 1.54) is 0 Å². The lowest BCUT2D eigenvalue weighted by molar-refractivity contribution is -0.274. The highest BCUT2D eigenvalue weighted by molar-refractivity contribution is 7.89. The molecule has 126 valence electrons. The minimum atomic E-state index is -4.79. The summed E-state index contributed by atoms with van der Waals surface area (Å²) in [5.74, 6) is -0.453.